The number of carbonyl (C=O) groups is 2. The molecule has 0 fully saturated rings. The number of anilines is 1. The first-order valence-electron chi connectivity index (χ1n) is 3.95. The van der Waals surface area contributed by atoms with E-state index in [1.807, 2.05) is 0 Å². The third-order valence-electron chi connectivity index (χ3n) is 1.52. The molecule has 0 unspecified atom stereocenters. The zero-order valence-corrected chi connectivity index (χ0v) is 9.80. The Kier molecular flexibility index (Phi) is 4.11. The fraction of sp³-hybridized carbons (Fsp3) is 0.111. The summed E-state index contributed by atoms with van der Waals surface area (Å²) in [6, 6.07) is 4.90. The number of hydrogen-bond acceptors (Lipinski definition) is 2. The van der Waals surface area contributed by atoms with Crippen molar-refractivity contribution in [3.63, 3.8) is 0 Å². The number of carboxylic acid groups (broad SMARTS) is 1. The van der Waals surface area contributed by atoms with E-state index in [1.54, 1.807) is 18.2 Å². The molecule has 0 aliphatic heterocycles. The summed E-state index contributed by atoms with van der Waals surface area (Å²) in [5, 5.41) is 11.1. The fourth-order valence-electron chi connectivity index (χ4n) is 0.923. The van der Waals surface area contributed by atoms with E-state index in [-0.39, 0.29) is 0 Å². The van der Waals surface area contributed by atoms with Gasteiger partial charge in [-0.05, 0) is 18.2 Å². The van der Waals surface area contributed by atoms with Crippen molar-refractivity contribution in [2.75, 3.05) is 5.32 Å². The van der Waals surface area contributed by atoms with Gasteiger partial charge in [-0.1, -0.05) is 27.5 Å². The molecule has 80 valence electrons. The second-order valence-electron chi connectivity index (χ2n) is 2.74. The smallest absolute Gasteiger partial charge is 0.312 e. The lowest BCUT2D eigenvalue weighted by Crippen LogP contribution is -2.16. The summed E-state index contributed by atoms with van der Waals surface area (Å²) in [4.78, 5) is 21.3. The highest BCUT2D eigenvalue weighted by molar-refractivity contribution is 9.10. The van der Waals surface area contributed by atoms with Crippen LogP contribution in [0.4, 0.5) is 5.69 Å². The van der Waals surface area contributed by atoms with Crippen molar-refractivity contribution < 1.29 is 14.7 Å². The van der Waals surface area contributed by atoms with Crippen LogP contribution in [0.25, 0.3) is 0 Å². The SMILES string of the molecule is O=C(O)CC(=O)Nc1ccc(Br)cc1Cl. The maximum Gasteiger partial charge on any atom is 0.312 e. The third kappa shape index (κ3) is 3.89. The third-order valence-corrected chi connectivity index (χ3v) is 2.32. The molecule has 1 amide bonds. The first kappa shape index (κ1) is 12.0. The van der Waals surface area contributed by atoms with Crippen LogP contribution in [0.15, 0.2) is 22.7 Å². The highest BCUT2D eigenvalue weighted by atomic mass is 79.9. The van der Waals surface area contributed by atoms with Gasteiger partial charge in [-0.15, -0.1) is 0 Å². The van der Waals surface area contributed by atoms with Crippen LogP contribution in [0.2, 0.25) is 5.02 Å². The van der Waals surface area contributed by atoms with Crippen LogP contribution in [0.5, 0.6) is 0 Å². The minimum Gasteiger partial charge on any atom is -0.481 e. The number of hydrogen-bond donors (Lipinski definition) is 2. The first-order chi connectivity index (χ1) is 6.99. The summed E-state index contributed by atoms with van der Waals surface area (Å²) < 4.78 is 0.781. The zero-order valence-electron chi connectivity index (χ0n) is 7.46. The van der Waals surface area contributed by atoms with E-state index in [2.05, 4.69) is 21.2 Å². The second kappa shape index (κ2) is 5.14. The van der Waals surface area contributed by atoms with E-state index in [0.717, 1.165) is 4.47 Å². The van der Waals surface area contributed by atoms with Crippen molar-refractivity contribution in [2.24, 2.45) is 0 Å². The molecule has 0 bridgehead atoms. The lowest BCUT2D eigenvalue weighted by atomic mass is 10.3. The normalized spacial score (nSPS) is 9.73. The second-order valence-corrected chi connectivity index (χ2v) is 4.07. The number of nitrogens with one attached hydrogen (secondary N) is 1. The molecule has 0 aliphatic rings. The van der Waals surface area contributed by atoms with Crippen LogP contribution in [0.1, 0.15) is 6.42 Å². The molecular formula is C9H7BrClNO3. The van der Waals surface area contributed by atoms with Crippen LogP contribution in [0, 0.1) is 0 Å². The lowest BCUT2D eigenvalue weighted by Gasteiger charge is -2.05. The Balaban J connectivity index is 2.72. The summed E-state index contributed by atoms with van der Waals surface area (Å²) in [5.41, 5.74) is 0.395. The Bertz CT molecular complexity index is 408. The van der Waals surface area contributed by atoms with Crippen LogP contribution in [-0.4, -0.2) is 17.0 Å². The summed E-state index contributed by atoms with van der Waals surface area (Å²) in [6.45, 7) is 0. The molecule has 4 nitrogen and oxygen atoms in total. The van der Waals surface area contributed by atoms with Gasteiger partial charge in [0.2, 0.25) is 5.91 Å². The largest absolute Gasteiger partial charge is 0.481 e. The molecule has 0 heterocycles. The van der Waals surface area contributed by atoms with Gasteiger partial charge in [-0.2, -0.15) is 0 Å². The molecule has 0 radical (unpaired) electrons. The predicted molar refractivity (Wildman–Crippen MR) is 60.0 cm³/mol. The van der Waals surface area contributed by atoms with E-state index in [9.17, 15) is 9.59 Å². The average molecular weight is 293 g/mol. The standard InChI is InChI=1S/C9H7BrClNO3/c10-5-1-2-7(6(11)3-5)12-8(13)4-9(14)15/h1-3H,4H2,(H,12,13)(H,14,15). The molecule has 0 aromatic heterocycles. The zero-order chi connectivity index (χ0) is 11.4. The molecular weight excluding hydrogens is 285 g/mol. The molecule has 0 saturated heterocycles. The van der Waals surface area contributed by atoms with Gasteiger partial charge in [0, 0.05) is 4.47 Å². The Hall–Kier alpha value is -1.07. The molecule has 0 spiro atoms. The first-order valence-corrected chi connectivity index (χ1v) is 5.13. The topological polar surface area (TPSA) is 66.4 Å². The van der Waals surface area contributed by atoms with Gasteiger partial charge >= 0.3 is 5.97 Å². The fourth-order valence-corrected chi connectivity index (χ4v) is 1.64. The molecule has 0 saturated carbocycles. The highest BCUT2D eigenvalue weighted by Gasteiger charge is 2.09. The van der Waals surface area contributed by atoms with Crippen molar-refractivity contribution in [1.29, 1.82) is 0 Å². The van der Waals surface area contributed by atoms with Crippen molar-refractivity contribution >= 4 is 45.1 Å². The van der Waals surface area contributed by atoms with E-state index in [1.165, 1.54) is 0 Å². The van der Waals surface area contributed by atoms with E-state index >= 15 is 0 Å². The summed E-state index contributed by atoms with van der Waals surface area (Å²) in [6.07, 6.45) is -0.577. The maximum absolute atomic E-state index is 11.1. The number of rotatable bonds is 3. The minimum absolute atomic E-state index is 0.350. The molecule has 0 atom stereocenters. The van der Waals surface area contributed by atoms with E-state index in [0.29, 0.717) is 10.7 Å². The van der Waals surface area contributed by atoms with Crippen molar-refractivity contribution in [3.05, 3.63) is 27.7 Å². The summed E-state index contributed by atoms with van der Waals surface area (Å²) in [5.74, 6) is -1.78. The summed E-state index contributed by atoms with van der Waals surface area (Å²) in [7, 11) is 0. The Labute approximate surface area is 99.4 Å². The van der Waals surface area contributed by atoms with Crippen LogP contribution < -0.4 is 5.32 Å². The Morgan fingerprint density at radius 1 is 1.47 bits per heavy atom. The van der Waals surface area contributed by atoms with Crippen molar-refractivity contribution in [3.8, 4) is 0 Å². The number of benzene rings is 1. The van der Waals surface area contributed by atoms with Gasteiger partial charge in [0.25, 0.3) is 0 Å². The van der Waals surface area contributed by atoms with Gasteiger partial charge in [0.1, 0.15) is 6.42 Å². The van der Waals surface area contributed by atoms with Gasteiger partial charge in [-0.25, -0.2) is 0 Å². The van der Waals surface area contributed by atoms with Gasteiger partial charge in [0.15, 0.2) is 0 Å². The number of aliphatic carboxylic acids is 1. The Morgan fingerprint density at radius 2 is 2.13 bits per heavy atom. The Morgan fingerprint density at radius 3 is 2.67 bits per heavy atom. The molecule has 1 aromatic rings. The van der Waals surface area contributed by atoms with Crippen LogP contribution in [0.3, 0.4) is 0 Å². The van der Waals surface area contributed by atoms with E-state index < -0.39 is 18.3 Å². The van der Waals surface area contributed by atoms with Gasteiger partial charge in [0.05, 0.1) is 10.7 Å². The summed E-state index contributed by atoms with van der Waals surface area (Å²) >= 11 is 9.03. The predicted octanol–water partition coefficient (Wildman–Crippen LogP) is 2.52. The van der Waals surface area contributed by atoms with Crippen LogP contribution in [-0.2, 0) is 9.59 Å². The molecule has 2 N–H and O–H groups in total. The molecule has 1 rings (SSSR count). The number of amides is 1. The number of halogens is 2. The molecule has 0 aliphatic carbocycles. The molecule has 1 aromatic carbocycles. The van der Waals surface area contributed by atoms with Crippen molar-refractivity contribution in [2.45, 2.75) is 6.42 Å². The highest BCUT2D eigenvalue weighted by Crippen LogP contribution is 2.25. The molecule has 6 heteroatoms. The lowest BCUT2D eigenvalue weighted by molar-refractivity contribution is -0.139. The van der Waals surface area contributed by atoms with Crippen LogP contribution >= 0.6 is 27.5 Å². The maximum atomic E-state index is 11.1. The number of carbonyl (C=O) groups excluding carboxylic acids is 1. The quantitative estimate of drug-likeness (QED) is 0.841. The number of carboxylic acids is 1. The minimum atomic E-state index is -1.18. The monoisotopic (exact) mass is 291 g/mol. The van der Waals surface area contributed by atoms with Crippen molar-refractivity contribution in [1.82, 2.24) is 0 Å². The average Bonchev–Trinajstić information content (AvgIpc) is 2.08. The molecule has 15 heavy (non-hydrogen) atoms. The van der Waals surface area contributed by atoms with Gasteiger partial charge in [-0.3, -0.25) is 9.59 Å². The van der Waals surface area contributed by atoms with Gasteiger partial charge < -0.3 is 10.4 Å². The van der Waals surface area contributed by atoms with E-state index in [4.69, 9.17) is 16.7 Å².